The first kappa shape index (κ1) is 14.0. The van der Waals surface area contributed by atoms with Crippen LogP contribution in [0.1, 0.15) is 37.3 Å². The van der Waals surface area contributed by atoms with Gasteiger partial charge in [-0.1, -0.05) is 29.8 Å². The first-order valence-corrected chi connectivity index (χ1v) is 6.37. The number of carbonyl (C=O) groups is 1. The number of benzene rings is 1. The van der Waals surface area contributed by atoms with Crippen molar-refractivity contribution in [3.8, 4) is 11.5 Å². The van der Waals surface area contributed by atoms with Gasteiger partial charge >= 0.3 is 0 Å². The van der Waals surface area contributed by atoms with Crippen LogP contribution in [0.4, 0.5) is 0 Å². The highest BCUT2D eigenvalue weighted by molar-refractivity contribution is 9.10. The molecule has 0 amide bonds. The molecule has 94 valence electrons. The molecule has 1 aromatic rings. The number of hydrogen-bond donors (Lipinski definition) is 1. The number of aromatic hydroxyl groups is 1. The molecule has 1 N–H and O–H groups in total. The second-order valence-electron chi connectivity index (χ2n) is 3.97. The monoisotopic (exact) mass is 300 g/mol. The lowest BCUT2D eigenvalue weighted by Gasteiger charge is -2.18. The fourth-order valence-electron chi connectivity index (χ4n) is 1.82. The molecule has 17 heavy (non-hydrogen) atoms. The summed E-state index contributed by atoms with van der Waals surface area (Å²) in [5.41, 5.74) is 1.81. The molecule has 4 heteroatoms. The summed E-state index contributed by atoms with van der Waals surface area (Å²) in [5.74, 6) is 0.533. The lowest BCUT2D eigenvalue weighted by molar-refractivity contribution is -0.108. The summed E-state index contributed by atoms with van der Waals surface area (Å²) in [5, 5.41) is 10.1. The summed E-state index contributed by atoms with van der Waals surface area (Å²) in [6.07, 6.45) is 2.07. The van der Waals surface area contributed by atoms with Crippen LogP contribution in [0.5, 0.6) is 11.5 Å². The number of carbonyl (C=O) groups excluding carboxylic acids is 1. The fourth-order valence-corrected chi connectivity index (χ4v) is 2.80. The molecule has 0 fully saturated rings. The van der Waals surface area contributed by atoms with Gasteiger partial charge in [-0.3, -0.25) is 0 Å². The Kier molecular flexibility index (Phi) is 5.00. The van der Waals surface area contributed by atoms with Crippen molar-refractivity contribution in [2.45, 2.75) is 32.6 Å². The van der Waals surface area contributed by atoms with Crippen molar-refractivity contribution in [1.82, 2.24) is 0 Å². The molecule has 0 aromatic heterocycles. The van der Waals surface area contributed by atoms with E-state index in [1.165, 1.54) is 7.11 Å². The van der Waals surface area contributed by atoms with Crippen molar-refractivity contribution in [3.05, 3.63) is 21.7 Å². The van der Waals surface area contributed by atoms with Gasteiger partial charge in [0.1, 0.15) is 6.29 Å². The highest BCUT2D eigenvalue weighted by Crippen LogP contribution is 2.42. The molecule has 0 bridgehead atoms. The Bertz CT molecular complexity index is 387. The maximum Gasteiger partial charge on any atom is 0.162 e. The minimum absolute atomic E-state index is 0.0396. The number of ether oxygens (including phenoxy) is 1. The van der Waals surface area contributed by atoms with Crippen molar-refractivity contribution < 1.29 is 14.6 Å². The van der Waals surface area contributed by atoms with Crippen LogP contribution < -0.4 is 4.74 Å². The maximum absolute atomic E-state index is 10.6. The molecule has 0 aliphatic heterocycles. The summed E-state index contributed by atoms with van der Waals surface area (Å²) in [6, 6.07) is 1.82. The van der Waals surface area contributed by atoms with Crippen LogP contribution in [0.15, 0.2) is 10.5 Å². The molecule has 0 saturated carbocycles. The van der Waals surface area contributed by atoms with E-state index in [1.807, 2.05) is 19.9 Å². The van der Waals surface area contributed by atoms with Gasteiger partial charge in [0.05, 0.1) is 7.11 Å². The summed E-state index contributed by atoms with van der Waals surface area (Å²) in [7, 11) is 1.52. The number of phenols is 1. The van der Waals surface area contributed by atoms with E-state index in [-0.39, 0.29) is 11.7 Å². The Labute approximate surface area is 110 Å². The molecule has 3 nitrogen and oxygen atoms in total. The van der Waals surface area contributed by atoms with E-state index in [4.69, 9.17) is 4.74 Å². The van der Waals surface area contributed by atoms with Gasteiger partial charge in [0, 0.05) is 16.5 Å². The minimum atomic E-state index is -0.0396. The van der Waals surface area contributed by atoms with Crippen molar-refractivity contribution in [2.75, 3.05) is 7.11 Å². The highest BCUT2D eigenvalue weighted by atomic mass is 79.9. The van der Waals surface area contributed by atoms with Gasteiger partial charge in [0.2, 0.25) is 0 Å². The molecular formula is C13H17BrO3. The second kappa shape index (κ2) is 6.05. The van der Waals surface area contributed by atoms with Gasteiger partial charge < -0.3 is 14.6 Å². The molecule has 1 rings (SSSR count). The lowest BCUT2D eigenvalue weighted by atomic mass is 9.94. The van der Waals surface area contributed by atoms with Crippen molar-refractivity contribution in [3.63, 3.8) is 0 Å². The molecule has 0 aliphatic rings. The number of aryl methyl sites for hydroxylation is 1. The van der Waals surface area contributed by atoms with Gasteiger partial charge in [-0.05, 0) is 24.0 Å². The number of phenolic OH excluding ortho intramolecular Hbond substituents is 1. The van der Waals surface area contributed by atoms with E-state index in [2.05, 4.69) is 15.9 Å². The zero-order valence-electron chi connectivity index (χ0n) is 10.3. The first-order chi connectivity index (χ1) is 8.06. The molecule has 1 aromatic carbocycles. The number of halogens is 1. The van der Waals surface area contributed by atoms with Gasteiger partial charge in [0.25, 0.3) is 0 Å². The van der Waals surface area contributed by atoms with Crippen LogP contribution in [-0.4, -0.2) is 18.5 Å². The average Bonchev–Trinajstić information content (AvgIpc) is 2.30. The van der Waals surface area contributed by atoms with E-state index in [9.17, 15) is 9.90 Å². The normalized spacial score (nSPS) is 12.2. The Hall–Kier alpha value is -1.03. The minimum Gasteiger partial charge on any atom is -0.504 e. The standard InChI is InChI=1S/C13H17BrO3/c1-4-9-7-10(17-3)13(16)11(12(9)14)8(2)5-6-15/h6-8,16H,4-5H2,1-3H3. The summed E-state index contributed by atoms with van der Waals surface area (Å²) in [4.78, 5) is 10.6. The number of methoxy groups -OCH3 is 1. The lowest BCUT2D eigenvalue weighted by Crippen LogP contribution is -2.01. The highest BCUT2D eigenvalue weighted by Gasteiger charge is 2.20. The Morgan fingerprint density at radius 1 is 1.59 bits per heavy atom. The third kappa shape index (κ3) is 2.80. The Morgan fingerprint density at radius 2 is 2.24 bits per heavy atom. The van der Waals surface area contributed by atoms with Crippen LogP contribution in [0.25, 0.3) is 0 Å². The number of hydrogen-bond acceptors (Lipinski definition) is 3. The molecule has 0 heterocycles. The Balaban J connectivity index is 3.39. The molecule has 1 unspecified atom stereocenters. The van der Waals surface area contributed by atoms with Crippen molar-refractivity contribution in [2.24, 2.45) is 0 Å². The predicted molar refractivity (Wildman–Crippen MR) is 70.8 cm³/mol. The van der Waals surface area contributed by atoms with E-state index in [1.54, 1.807) is 0 Å². The summed E-state index contributed by atoms with van der Waals surface area (Å²) < 4.78 is 6.02. The van der Waals surface area contributed by atoms with E-state index in [0.29, 0.717) is 12.2 Å². The van der Waals surface area contributed by atoms with Crippen LogP contribution >= 0.6 is 15.9 Å². The maximum atomic E-state index is 10.6. The third-order valence-corrected chi connectivity index (χ3v) is 3.79. The Morgan fingerprint density at radius 3 is 2.71 bits per heavy atom. The zero-order chi connectivity index (χ0) is 13.0. The van der Waals surface area contributed by atoms with E-state index in [0.717, 1.165) is 28.3 Å². The van der Waals surface area contributed by atoms with Crippen LogP contribution in [-0.2, 0) is 11.2 Å². The van der Waals surface area contributed by atoms with Crippen molar-refractivity contribution in [1.29, 1.82) is 0 Å². The predicted octanol–water partition coefficient (Wildman–Crippen LogP) is 3.42. The largest absolute Gasteiger partial charge is 0.504 e. The van der Waals surface area contributed by atoms with Gasteiger partial charge in [-0.15, -0.1) is 0 Å². The van der Waals surface area contributed by atoms with Crippen LogP contribution in [0, 0.1) is 0 Å². The van der Waals surface area contributed by atoms with Gasteiger partial charge in [0.15, 0.2) is 11.5 Å². The van der Waals surface area contributed by atoms with Crippen LogP contribution in [0.3, 0.4) is 0 Å². The molecule has 0 spiro atoms. The smallest absolute Gasteiger partial charge is 0.162 e. The molecule has 0 saturated heterocycles. The number of aldehydes is 1. The van der Waals surface area contributed by atoms with Gasteiger partial charge in [-0.2, -0.15) is 0 Å². The molecule has 0 aliphatic carbocycles. The van der Waals surface area contributed by atoms with Crippen molar-refractivity contribution >= 4 is 22.2 Å². The quantitative estimate of drug-likeness (QED) is 0.848. The molecule has 1 atom stereocenters. The zero-order valence-corrected chi connectivity index (χ0v) is 11.9. The first-order valence-electron chi connectivity index (χ1n) is 5.58. The third-order valence-electron chi connectivity index (χ3n) is 2.86. The average molecular weight is 301 g/mol. The number of rotatable bonds is 5. The van der Waals surface area contributed by atoms with E-state index >= 15 is 0 Å². The second-order valence-corrected chi connectivity index (χ2v) is 4.76. The summed E-state index contributed by atoms with van der Waals surface area (Å²) in [6.45, 7) is 3.94. The van der Waals surface area contributed by atoms with E-state index < -0.39 is 0 Å². The summed E-state index contributed by atoms with van der Waals surface area (Å²) >= 11 is 3.49. The SMILES string of the molecule is CCc1cc(OC)c(O)c(C(C)CC=O)c1Br. The molecule has 0 radical (unpaired) electrons. The van der Waals surface area contributed by atoms with Gasteiger partial charge in [-0.25, -0.2) is 0 Å². The fraction of sp³-hybridized carbons (Fsp3) is 0.462. The molecular weight excluding hydrogens is 284 g/mol. The van der Waals surface area contributed by atoms with Crippen LogP contribution in [0.2, 0.25) is 0 Å². The topological polar surface area (TPSA) is 46.5 Å².